The first-order chi connectivity index (χ1) is 21.2. The van der Waals surface area contributed by atoms with E-state index in [1.54, 1.807) is 18.2 Å². The SMILES string of the molecule is [N-]=[N+]=NCCCCCC(=O)NCCOc1cc(C(=O)CCCCCCCC(=O)O)cc(C(=O)CCCCCCCC(=O)O)c1. The molecule has 0 saturated carbocycles. The molecule has 244 valence electrons. The third kappa shape index (κ3) is 20.1. The summed E-state index contributed by atoms with van der Waals surface area (Å²) in [5, 5.41) is 23.7. The van der Waals surface area contributed by atoms with Crippen molar-refractivity contribution in [3.05, 3.63) is 39.8 Å². The molecule has 12 heteroatoms. The third-order valence-corrected chi connectivity index (χ3v) is 7.06. The lowest BCUT2D eigenvalue weighted by Gasteiger charge is -2.12. The lowest BCUT2D eigenvalue weighted by Crippen LogP contribution is -2.27. The van der Waals surface area contributed by atoms with Gasteiger partial charge in [0.1, 0.15) is 12.4 Å². The van der Waals surface area contributed by atoms with E-state index >= 15 is 0 Å². The van der Waals surface area contributed by atoms with Crippen LogP contribution in [0, 0.1) is 0 Å². The van der Waals surface area contributed by atoms with Crippen molar-refractivity contribution in [1.82, 2.24) is 5.32 Å². The minimum atomic E-state index is -0.805. The molecular formula is C32H48N4O8. The van der Waals surface area contributed by atoms with E-state index in [0.717, 1.165) is 51.4 Å². The summed E-state index contributed by atoms with van der Waals surface area (Å²) in [5.41, 5.74) is 9.08. The fraction of sp³-hybridized carbons (Fsp3) is 0.656. The van der Waals surface area contributed by atoms with Gasteiger partial charge in [-0.15, -0.1) is 0 Å². The normalized spacial score (nSPS) is 10.5. The smallest absolute Gasteiger partial charge is 0.303 e. The maximum Gasteiger partial charge on any atom is 0.303 e. The van der Waals surface area contributed by atoms with Crippen molar-refractivity contribution < 1.29 is 38.9 Å². The number of carbonyl (C=O) groups is 5. The highest BCUT2D eigenvalue weighted by Crippen LogP contribution is 2.22. The molecule has 0 heterocycles. The number of unbranched alkanes of at least 4 members (excludes halogenated alkanes) is 10. The zero-order chi connectivity index (χ0) is 32.4. The Kier molecular flexibility index (Phi) is 21.2. The van der Waals surface area contributed by atoms with Crippen molar-refractivity contribution in [3.63, 3.8) is 0 Å². The number of ketones is 2. The number of hydrogen-bond acceptors (Lipinski definition) is 7. The maximum atomic E-state index is 13.0. The van der Waals surface area contributed by atoms with E-state index < -0.39 is 11.9 Å². The second-order valence-electron chi connectivity index (χ2n) is 10.9. The Morgan fingerprint density at radius 3 is 1.61 bits per heavy atom. The predicted octanol–water partition coefficient (Wildman–Crippen LogP) is 7.05. The minimum absolute atomic E-state index is 0.0952. The van der Waals surface area contributed by atoms with Crippen LogP contribution in [0.25, 0.3) is 10.4 Å². The zero-order valence-electron chi connectivity index (χ0n) is 25.8. The molecule has 1 aromatic rings. The van der Waals surface area contributed by atoms with Crippen molar-refractivity contribution in [3.8, 4) is 5.75 Å². The molecule has 0 aliphatic carbocycles. The van der Waals surface area contributed by atoms with Crippen LogP contribution in [0.15, 0.2) is 23.3 Å². The van der Waals surface area contributed by atoms with E-state index in [0.29, 0.717) is 74.8 Å². The number of hydrogen-bond donors (Lipinski definition) is 3. The first-order valence-electron chi connectivity index (χ1n) is 15.8. The van der Waals surface area contributed by atoms with Crippen LogP contribution in [0.1, 0.15) is 136 Å². The second kappa shape index (κ2) is 24.5. The summed E-state index contributed by atoms with van der Waals surface area (Å²) >= 11 is 0. The van der Waals surface area contributed by atoms with Crippen molar-refractivity contribution in [2.45, 2.75) is 116 Å². The number of ether oxygens (including phenoxy) is 1. The molecule has 0 spiro atoms. The Bertz CT molecular complexity index is 1040. The number of carbonyl (C=O) groups excluding carboxylic acids is 3. The van der Waals surface area contributed by atoms with Gasteiger partial charge in [0, 0.05) is 54.7 Å². The number of carboxylic acids is 2. The highest BCUT2D eigenvalue weighted by Gasteiger charge is 2.14. The van der Waals surface area contributed by atoms with E-state index in [-0.39, 0.29) is 43.5 Å². The van der Waals surface area contributed by atoms with Crippen molar-refractivity contribution >= 4 is 29.4 Å². The molecular weight excluding hydrogens is 568 g/mol. The Balaban J connectivity index is 2.64. The molecule has 0 bridgehead atoms. The fourth-order valence-corrected chi connectivity index (χ4v) is 4.61. The topological polar surface area (TPSA) is 196 Å². The highest BCUT2D eigenvalue weighted by atomic mass is 16.5. The Hall–Kier alpha value is -3.92. The van der Waals surface area contributed by atoms with Crippen LogP contribution >= 0.6 is 0 Å². The number of Topliss-reactive ketones (excluding diaryl/α,β-unsaturated/α-hetero) is 2. The molecule has 0 aliphatic heterocycles. The van der Waals surface area contributed by atoms with Crippen LogP contribution < -0.4 is 10.1 Å². The summed E-state index contributed by atoms with van der Waals surface area (Å²) in [5.74, 6) is -1.52. The molecule has 0 radical (unpaired) electrons. The van der Waals surface area contributed by atoms with Gasteiger partial charge in [-0.25, -0.2) is 0 Å². The average molecular weight is 617 g/mol. The molecule has 1 aromatic carbocycles. The van der Waals surface area contributed by atoms with Crippen molar-refractivity contribution in [1.29, 1.82) is 0 Å². The number of nitrogens with zero attached hydrogens (tertiary/aromatic N) is 3. The summed E-state index contributed by atoms with van der Waals surface area (Å²) in [7, 11) is 0. The van der Waals surface area contributed by atoms with Crippen LogP contribution in [0.4, 0.5) is 0 Å². The van der Waals surface area contributed by atoms with E-state index in [1.807, 2.05) is 0 Å². The maximum absolute atomic E-state index is 13.0. The quantitative estimate of drug-likeness (QED) is 0.0292. The molecule has 0 atom stereocenters. The number of amides is 1. The van der Waals surface area contributed by atoms with Crippen LogP contribution in [0.5, 0.6) is 5.75 Å². The van der Waals surface area contributed by atoms with E-state index in [2.05, 4.69) is 15.3 Å². The van der Waals surface area contributed by atoms with Gasteiger partial charge < -0.3 is 20.3 Å². The monoisotopic (exact) mass is 616 g/mol. The Morgan fingerprint density at radius 2 is 1.11 bits per heavy atom. The van der Waals surface area contributed by atoms with Crippen LogP contribution in [0.3, 0.4) is 0 Å². The average Bonchev–Trinajstić information content (AvgIpc) is 2.99. The minimum Gasteiger partial charge on any atom is -0.492 e. The Morgan fingerprint density at radius 1 is 0.659 bits per heavy atom. The molecule has 0 saturated heterocycles. The lowest BCUT2D eigenvalue weighted by atomic mass is 9.97. The third-order valence-electron chi connectivity index (χ3n) is 7.06. The highest BCUT2D eigenvalue weighted by molar-refractivity contribution is 6.02. The molecule has 12 nitrogen and oxygen atoms in total. The Labute approximate surface area is 259 Å². The van der Waals surface area contributed by atoms with Gasteiger partial charge in [-0.2, -0.15) is 0 Å². The van der Waals surface area contributed by atoms with Crippen molar-refractivity contribution in [2.24, 2.45) is 5.11 Å². The van der Waals surface area contributed by atoms with Crippen LogP contribution in [-0.4, -0.2) is 59.3 Å². The van der Waals surface area contributed by atoms with E-state index in [1.165, 1.54) is 0 Å². The number of benzene rings is 1. The van der Waals surface area contributed by atoms with Crippen LogP contribution in [-0.2, 0) is 14.4 Å². The number of rotatable bonds is 28. The summed E-state index contributed by atoms with van der Waals surface area (Å²) in [6, 6.07) is 4.86. The number of aliphatic carboxylic acids is 2. The summed E-state index contributed by atoms with van der Waals surface area (Å²) in [6.45, 7) is 0.852. The van der Waals surface area contributed by atoms with E-state index in [4.69, 9.17) is 20.5 Å². The van der Waals surface area contributed by atoms with Gasteiger partial charge >= 0.3 is 11.9 Å². The number of nitrogens with one attached hydrogen (secondary N) is 1. The second-order valence-corrected chi connectivity index (χ2v) is 10.9. The summed E-state index contributed by atoms with van der Waals surface area (Å²) in [6.07, 6.45) is 11.0. The van der Waals surface area contributed by atoms with Gasteiger partial charge in [0.2, 0.25) is 5.91 Å². The van der Waals surface area contributed by atoms with Gasteiger partial charge in [0.05, 0.1) is 6.54 Å². The fourth-order valence-electron chi connectivity index (χ4n) is 4.61. The molecule has 0 aliphatic rings. The van der Waals surface area contributed by atoms with E-state index in [9.17, 15) is 24.0 Å². The molecule has 3 N–H and O–H groups in total. The molecule has 1 amide bonds. The van der Waals surface area contributed by atoms with Gasteiger partial charge in [-0.05, 0) is 62.3 Å². The molecule has 0 aromatic heterocycles. The van der Waals surface area contributed by atoms with Gasteiger partial charge in [-0.1, -0.05) is 50.1 Å². The van der Waals surface area contributed by atoms with Crippen LogP contribution in [0.2, 0.25) is 0 Å². The first-order valence-corrected chi connectivity index (χ1v) is 15.8. The van der Waals surface area contributed by atoms with Gasteiger partial charge in [0.15, 0.2) is 11.6 Å². The first kappa shape index (κ1) is 38.1. The van der Waals surface area contributed by atoms with Gasteiger partial charge in [0.25, 0.3) is 0 Å². The lowest BCUT2D eigenvalue weighted by molar-refractivity contribution is -0.138. The zero-order valence-corrected chi connectivity index (χ0v) is 25.8. The molecule has 1 rings (SSSR count). The molecule has 0 fully saturated rings. The number of azide groups is 1. The van der Waals surface area contributed by atoms with Gasteiger partial charge in [-0.3, -0.25) is 24.0 Å². The number of carboxylic acid groups (broad SMARTS) is 2. The largest absolute Gasteiger partial charge is 0.492 e. The summed E-state index contributed by atoms with van der Waals surface area (Å²) in [4.78, 5) is 62.0. The molecule has 44 heavy (non-hydrogen) atoms. The standard InChI is InChI=1S/C32H48N4O8/c33-36-35-19-13-7-10-16-30(39)34-20-21-44-27-23-25(28(37)14-8-3-1-5-11-17-31(40)41)22-26(24-27)29(38)15-9-4-2-6-12-18-32(42)43/h22-24H,1-21H2,(H,34,39)(H,40,41)(H,42,43). The van der Waals surface area contributed by atoms with Crippen molar-refractivity contribution in [2.75, 3.05) is 19.7 Å². The predicted molar refractivity (Wildman–Crippen MR) is 166 cm³/mol. The molecule has 0 unspecified atom stereocenters. The summed E-state index contributed by atoms with van der Waals surface area (Å²) < 4.78 is 5.82.